The molecule has 0 fully saturated rings. The second kappa shape index (κ2) is 5.86. The van der Waals surface area contributed by atoms with Crippen LogP contribution in [-0.2, 0) is 4.74 Å². The Hall–Kier alpha value is -2.56. The lowest BCUT2D eigenvalue weighted by Gasteiger charge is -2.04. The third-order valence-electron chi connectivity index (χ3n) is 2.57. The number of nitrogens with zero attached hydrogens (tertiary/aromatic N) is 1. The van der Waals surface area contributed by atoms with Gasteiger partial charge in [0.05, 0.1) is 12.8 Å². The van der Waals surface area contributed by atoms with Crippen molar-refractivity contribution < 1.29 is 14.6 Å². The predicted molar refractivity (Wildman–Crippen MR) is 73.4 cm³/mol. The van der Waals surface area contributed by atoms with Gasteiger partial charge in [-0.25, -0.2) is 10.2 Å². The van der Waals surface area contributed by atoms with Crippen molar-refractivity contribution in [3.63, 3.8) is 0 Å². The van der Waals surface area contributed by atoms with Gasteiger partial charge in [0.1, 0.15) is 5.75 Å². The van der Waals surface area contributed by atoms with E-state index in [9.17, 15) is 9.90 Å². The maximum absolute atomic E-state index is 11.1. The highest BCUT2D eigenvalue weighted by atomic mass is 16.5. The Labute approximate surface area is 110 Å². The average Bonchev–Trinajstić information content (AvgIpc) is 2.41. The molecule has 0 aliphatic rings. The first-order valence-corrected chi connectivity index (χ1v) is 5.89. The molecular formula is C14H14N2O3. The molecule has 0 aliphatic heterocycles. The Balaban J connectivity index is 2.27. The van der Waals surface area contributed by atoms with Gasteiger partial charge < -0.3 is 9.84 Å². The summed E-state index contributed by atoms with van der Waals surface area (Å²) in [6.07, 6.45) is 0.771. The zero-order chi connectivity index (χ0) is 13.7. The van der Waals surface area contributed by atoms with Gasteiger partial charge in [-0.15, -0.1) is 0 Å². The van der Waals surface area contributed by atoms with Crippen molar-refractivity contribution in [1.29, 1.82) is 0 Å². The van der Waals surface area contributed by atoms with E-state index in [0.29, 0.717) is 5.56 Å². The third-order valence-corrected chi connectivity index (χ3v) is 2.57. The van der Waals surface area contributed by atoms with Crippen molar-refractivity contribution in [3.8, 4) is 5.75 Å². The summed E-state index contributed by atoms with van der Waals surface area (Å²) in [5, 5.41) is 15.4. The summed E-state index contributed by atoms with van der Waals surface area (Å²) in [7, 11) is 0. The Bertz CT molecular complexity index is 623. The van der Waals surface area contributed by atoms with E-state index in [1.165, 1.54) is 6.21 Å². The fraction of sp³-hybridized carbons (Fsp3) is 0.143. The highest BCUT2D eigenvalue weighted by Gasteiger charge is 2.04. The quantitative estimate of drug-likeness (QED) is 0.656. The molecule has 1 amide bonds. The second-order valence-corrected chi connectivity index (χ2v) is 3.81. The van der Waals surface area contributed by atoms with Gasteiger partial charge in [0, 0.05) is 5.56 Å². The van der Waals surface area contributed by atoms with Crippen LogP contribution in [0, 0.1) is 0 Å². The van der Waals surface area contributed by atoms with E-state index >= 15 is 0 Å². The van der Waals surface area contributed by atoms with Crippen LogP contribution in [0.1, 0.15) is 12.5 Å². The van der Waals surface area contributed by atoms with Crippen LogP contribution in [-0.4, -0.2) is 24.0 Å². The number of hydrogen-bond donors (Lipinski definition) is 2. The topological polar surface area (TPSA) is 70.9 Å². The summed E-state index contributed by atoms with van der Waals surface area (Å²) >= 11 is 0. The van der Waals surface area contributed by atoms with Gasteiger partial charge in [-0.2, -0.15) is 5.10 Å². The maximum atomic E-state index is 11.1. The van der Waals surface area contributed by atoms with Crippen molar-refractivity contribution in [1.82, 2.24) is 5.43 Å². The van der Waals surface area contributed by atoms with Crippen LogP contribution in [0.15, 0.2) is 41.5 Å². The monoisotopic (exact) mass is 258 g/mol. The minimum atomic E-state index is -0.626. The lowest BCUT2D eigenvalue weighted by Crippen LogP contribution is -2.18. The third kappa shape index (κ3) is 3.01. The molecule has 0 atom stereocenters. The van der Waals surface area contributed by atoms with Crippen LogP contribution in [0.4, 0.5) is 4.79 Å². The molecule has 0 bridgehead atoms. The number of hydrogen-bond acceptors (Lipinski definition) is 4. The summed E-state index contributed by atoms with van der Waals surface area (Å²) in [6.45, 7) is 1.99. The van der Waals surface area contributed by atoms with Gasteiger partial charge in [0.25, 0.3) is 0 Å². The smallest absolute Gasteiger partial charge is 0.427 e. The molecule has 5 heteroatoms. The number of benzene rings is 2. The molecule has 0 aromatic heterocycles. The van der Waals surface area contributed by atoms with Crippen LogP contribution in [0.3, 0.4) is 0 Å². The van der Waals surface area contributed by atoms with E-state index in [1.54, 1.807) is 13.0 Å². The average molecular weight is 258 g/mol. The highest BCUT2D eigenvalue weighted by molar-refractivity contribution is 6.02. The summed E-state index contributed by atoms with van der Waals surface area (Å²) in [4.78, 5) is 11.1. The molecule has 2 aromatic carbocycles. The molecule has 0 saturated carbocycles. The van der Waals surface area contributed by atoms with Gasteiger partial charge in [-0.05, 0) is 23.8 Å². The number of fused-ring (bicyclic) bond motifs is 1. The minimum absolute atomic E-state index is 0.105. The SMILES string of the molecule is CCOC(=O)N/N=C/c1c(O)ccc2ccccc12. The largest absolute Gasteiger partial charge is 0.507 e. The highest BCUT2D eigenvalue weighted by Crippen LogP contribution is 2.25. The van der Waals surface area contributed by atoms with Gasteiger partial charge in [-0.3, -0.25) is 0 Å². The molecule has 0 heterocycles. The maximum Gasteiger partial charge on any atom is 0.427 e. The first kappa shape index (κ1) is 12.9. The summed E-state index contributed by atoms with van der Waals surface area (Å²) in [6, 6.07) is 11.0. The van der Waals surface area contributed by atoms with E-state index < -0.39 is 6.09 Å². The number of amides is 1. The van der Waals surface area contributed by atoms with Gasteiger partial charge >= 0.3 is 6.09 Å². The summed E-state index contributed by atoms with van der Waals surface area (Å²) in [5.41, 5.74) is 2.77. The number of carbonyl (C=O) groups is 1. The van der Waals surface area contributed by atoms with E-state index in [0.717, 1.165) is 10.8 Å². The molecule has 0 spiro atoms. The molecule has 98 valence electrons. The first-order chi connectivity index (χ1) is 9.22. The second-order valence-electron chi connectivity index (χ2n) is 3.81. The van der Waals surface area contributed by atoms with E-state index in [4.69, 9.17) is 0 Å². The Kier molecular flexibility index (Phi) is 3.97. The number of phenols is 1. The zero-order valence-electron chi connectivity index (χ0n) is 10.5. The number of aromatic hydroxyl groups is 1. The van der Waals surface area contributed by atoms with Gasteiger partial charge in [0.2, 0.25) is 0 Å². The van der Waals surface area contributed by atoms with Crippen LogP contribution in [0.25, 0.3) is 10.8 Å². The molecule has 5 nitrogen and oxygen atoms in total. The molecule has 0 aliphatic carbocycles. The fourth-order valence-electron chi connectivity index (χ4n) is 1.73. The van der Waals surface area contributed by atoms with Crippen molar-refractivity contribution in [2.45, 2.75) is 6.92 Å². The number of nitrogens with one attached hydrogen (secondary N) is 1. The van der Waals surface area contributed by atoms with Crippen LogP contribution < -0.4 is 5.43 Å². The predicted octanol–water partition coefficient (Wildman–Crippen LogP) is 2.63. The molecule has 2 rings (SSSR count). The number of ether oxygens (including phenoxy) is 1. The molecule has 0 radical (unpaired) electrons. The molecule has 0 unspecified atom stereocenters. The lowest BCUT2D eigenvalue weighted by atomic mass is 10.0. The van der Waals surface area contributed by atoms with Crippen molar-refractivity contribution >= 4 is 23.1 Å². The normalized spacial score (nSPS) is 10.8. The van der Waals surface area contributed by atoms with Gasteiger partial charge in [0.15, 0.2) is 0 Å². The number of hydrazone groups is 1. The Morgan fingerprint density at radius 3 is 2.95 bits per heavy atom. The van der Waals surface area contributed by atoms with Crippen molar-refractivity contribution in [3.05, 3.63) is 42.0 Å². The molecule has 2 N–H and O–H groups in total. The van der Waals surface area contributed by atoms with E-state index in [2.05, 4.69) is 15.3 Å². The van der Waals surface area contributed by atoms with Crippen LogP contribution in [0.2, 0.25) is 0 Å². The van der Waals surface area contributed by atoms with Crippen LogP contribution in [0.5, 0.6) is 5.75 Å². The first-order valence-electron chi connectivity index (χ1n) is 5.89. The van der Waals surface area contributed by atoms with Gasteiger partial charge in [-0.1, -0.05) is 30.3 Å². The fourth-order valence-corrected chi connectivity index (χ4v) is 1.73. The Morgan fingerprint density at radius 1 is 1.37 bits per heavy atom. The molecule has 19 heavy (non-hydrogen) atoms. The summed E-state index contributed by atoms with van der Waals surface area (Å²) < 4.78 is 4.67. The molecule has 0 saturated heterocycles. The molecule has 2 aromatic rings. The number of carbonyl (C=O) groups excluding carboxylic acids is 1. The van der Waals surface area contributed by atoms with E-state index in [1.807, 2.05) is 30.3 Å². The Morgan fingerprint density at radius 2 is 2.16 bits per heavy atom. The van der Waals surface area contributed by atoms with Crippen molar-refractivity contribution in [2.75, 3.05) is 6.61 Å². The molecular weight excluding hydrogens is 244 g/mol. The number of rotatable bonds is 3. The zero-order valence-corrected chi connectivity index (χ0v) is 10.5. The van der Waals surface area contributed by atoms with Crippen molar-refractivity contribution in [2.24, 2.45) is 5.10 Å². The lowest BCUT2D eigenvalue weighted by molar-refractivity contribution is 0.152. The standard InChI is InChI=1S/C14H14N2O3/c1-2-19-14(18)16-15-9-12-11-6-4-3-5-10(11)7-8-13(12)17/h3-9,17H,2H2,1H3,(H,16,18)/b15-9+. The number of phenolic OH excluding ortho intramolecular Hbond substituents is 1. The summed E-state index contributed by atoms with van der Waals surface area (Å²) in [5.74, 6) is 0.105. The van der Waals surface area contributed by atoms with Crippen LogP contribution >= 0.6 is 0 Å². The van der Waals surface area contributed by atoms with E-state index in [-0.39, 0.29) is 12.4 Å². The minimum Gasteiger partial charge on any atom is -0.507 e.